The summed E-state index contributed by atoms with van der Waals surface area (Å²) in [5.41, 5.74) is 0. The van der Waals surface area contributed by atoms with Crippen molar-refractivity contribution in [3.63, 3.8) is 0 Å². The van der Waals surface area contributed by atoms with Crippen molar-refractivity contribution in [2.75, 3.05) is 0 Å². The van der Waals surface area contributed by atoms with Crippen LogP contribution >= 0.6 is 0 Å². The lowest BCUT2D eigenvalue weighted by Gasteiger charge is -2.07. The number of rotatable bonds is 4. The largest absolute Gasteiger partial charge is 0.372 e. The van der Waals surface area contributed by atoms with Gasteiger partial charge in [0.05, 0.1) is 0 Å². The maximum Gasteiger partial charge on any atom is 0.372 e. The van der Waals surface area contributed by atoms with Crippen molar-refractivity contribution in [1.29, 1.82) is 0 Å². The van der Waals surface area contributed by atoms with Crippen LogP contribution in [0.5, 0.6) is 0 Å². The molecule has 0 aromatic heterocycles. The molecule has 0 heterocycles. The van der Waals surface area contributed by atoms with Crippen LogP contribution in [0.15, 0.2) is 22.6 Å². The summed E-state index contributed by atoms with van der Waals surface area (Å²) in [5, 5.41) is 17.3. The summed E-state index contributed by atoms with van der Waals surface area (Å²) in [6.45, 7) is 6.33. The number of nitrogens with zero attached hydrogens (tertiary/aromatic N) is 2. The summed E-state index contributed by atoms with van der Waals surface area (Å²) >= 11 is 0. The Bertz CT molecular complexity index is 152. The monoisotopic (exact) mass is 142 g/mol. The maximum absolute atomic E-state index is 8.64. The molecule has 0 aromatic rings. The molecular formula is C6H10N2O2. The molecule has 0 rings (SSSR count). The fourth-order valence-corrected chi connectivity index (χ4v) is 0.291. The third-order valence-corrected chi connectivity index (χ3v) is 0.749. The molecule has 0 bridgehead atoms. The Balaban J connectivity index is 3.85. The lowest BCUT2D eigenvalue weighted by Crippen LogP contribution is -2.21. The molecule has 4 heteroatoms. The average Bonchev–Trinajstić information content (AvgIpc) is 1.89. The third kappa shape index (κ3) is 3.94. The number of aliphatic imine (C=N–C) groups is 2. The molecule has 0 amide bonds. The molecule has 0 aliphatic carbocycles. The predicted molar refractivity (Wildman–Crippen MR) is 40.0 cm³/mol. The van der Waals surface area contributed by atoms with Crippen molar-refractivity contribution in [2.24, 2.45) is 9.98 Å². The van der Waals surface area contributed by atoms with Gasteiger partial charge in [0.2, 0.25) is 0 Å². The zero-order valence-corrected chi connectivity index (χ0v) is 5.56. The Labute approximate surface area is 59.3 Å². The van der Waals surface area contributed by atoms with Gasteiger partial charge in [-0.2, -0.15) is 0 Å². The van der Waals surface area contributed by atoms with E-state index >= 15 is 0 Å². The topological polar surface area (TPSA) is 65.2 Å². The van der Waals surface area contributed by atoms with Gasteiger partial charge in [-0.1, -0.05) is 6.08 Å². The third-order valence-electron chi connectivity index (χ3n) is 0.749. The summed E-state index contributed by atoms with van der Waals surface area (Å²) in [5.74, 6) is 0. The van der Waals surface area contributed by atoms with Gasteiger partial charge >= 0.3 is 6.03 Å². The van der Waals surface area contributed by atoms with E-state index in [1.54, 1.807) is 6.08 Å². The van der Waals surface area contributed by atoms with Crippen molar-refractivity contribution in [1.82, 2.24) is 0 Å². The van der Waals surface area contributed by atoms with Gasteiger partial charge in [-0.25, -0.2) is 9.98 Å². The SMILES string of the molecule is C=CCC=NC(O)(O)N=C. The first-order chi connectivity index (χ1) is 4.62. The summed E-state index contributed by atoms with van der Waals surface area (Å²) < 4.78 is 0. The van der Waals surface area contributed by atoms with Gasteiger partial charge in [-0.05, 0) is 6.72 Å². The van der Waals surface area contributed by atoms with Crippen LogP contribution in [0.4, 0.5) is 0 Å². The molecule has 0 atom stereocenters. The molecule has 0 saturated heterocycles. The van der Waals surface area contributed by atoms with Gasteiger partial charge in [0.25, 0.3) is 0 Å². The number of hydrogen-bond donors (Lipinski definition) is 2. The van der Waals surface area contributed by atoms with Crippen molar-refractivity contribution in [3.8, 4) is 0 Å². The highest BCUT2D eigenvalue weighted by atomic mass is 16.5. The smallest absolute Gasteiger partial charge is 0.328 e. The fourth-order valence-electron chi connectivity index (χ4n) is 0.291. The van der Waals surface area contributed by atoms with Gasteiger partial charge in [0, 0.05) is 12.6 Å². The summed E-state index contributed by atoms with van der Waals surface area (Å²) in [6, 6.07) is -2.37. The Morgan fingerprint density at radius 1 is 1.50 bits per heavy atom. The Hall–Kier alpha value is -1.00. The zero-order chi connectivity index (χ0) is 8.04. The zero-order valence-electron chi connectivity index (χ0n) is 5.56. The first kappa shape index (κ1) is 9.00. The fraction of sp³-hybridized carbons (Fsp3) is 0.333. The lowest BCUT2D eigenvalue weighted by molar-refractivity contribution is -0.143. The van der Waals surface area contributed by atoms with E-state index in [1.165, 1.54) is 6.21 Å². The number of allylic oxidation sites excluding steroid dienone is 1. The lowest BCUT2D eigenvalue weighted by atomic mass is 10.5. The van der Waals surface area contributed by atoms with Crippen molar-refractivity contribution in [2.45, 2.75) is 12.5 Å². The van der Waals surface area contributed by atoms with Crippen LogP contribution in [0.1, 0.15) is 6.42 Å². The van der Waals surface area contributed by atoms with E-state index in [1.807, 2.05) is 0 Å². The van der Waals surface area contributed by atoms with Gasteiger partial charge in [-0.15, -0.1) is 6.58 Å². The van der Waals surface area contributed by atoms with E-state index in [4.69, 9.17) is 10.2 Å². The van der Waals surface area contributed by atoms with Crippen LogP contribution in [0, 0.1) is 0 Å². The maximum atomic E-state index is 8.64. The molecule has 0 aliphatic heterocycles. The second-order valence-corrected chi connectivity index (χ2v) is 1.59. The summed E-state index contributed by atoms with van der Waals surface area (Å²) in [7, 11) is 0. The second kappa shape index (κ2) is 3.92. The first-order valence-corrected chi connectivity index (χ1v) is 2.69. The van der Waals surface area contributed by atoms with Gasteiger partial charge in [-0.3, -0.25) is 0 Å². The van der Waals surface area contributed by atoms with E-state index < -0.39 is 6.03 Å². The minimum absolute atomic E-state index is 0.471. The Morgan fingerprint density at radius 2 is 2.10 bits per heavy atom. The van der Waals surface area contributed by atoms with Crippen LogP contribution in [0.3, 0.4) is 0 Å². The highest BCUT2D eigenvalue weighted by Crippen LogP contribution is 1.99. The highest BCUT2D eigenvalue weighted by molar-refractivity contribution is 5.59. The molecule has 0 aliphatic rings. The standard InChI is InChI=1S/C6H10N2O2/c1-3-4-5-8-6(9,10)7-2/h3,5,9-10H,1-2,4H2. The Morgan fingerprint density at radius 3 is 2.50 bits per heavy atom. The minimum atomic E-state index is -2.37. The van der Waals surface area contributed by atoms with Gasteiger partial charge in [0.1, 0.15) is 0 Å². The van der Waals surface area contributed by atoms with Crippen LogP contribution in [0.2, 0.25) is 0 Å². The molecule has 56 valence electrons. The predicted octanol–water partition coefficient (Wildman–Crippen LogP) is -0.0702. The molecule has 4 nitrogen and oxygen atoms in total. The molecule has 10 heavy (non-hydrogen) atoms. The summed E-state index contributed by atoms with van der Waals surface area (Å²) in [4.78, 5) is 6.17. The van der Waals surface area contributed by atoms with Gasteiger partial charge in [0.15, 0.2) is 0 Å². The summed E-state index contributed by atoms with van der Waals surface area (Å²) in [6.07, 6.45) is 3.34. The van der Waals surface area contributed by atoms with Crippen molar-refractivity contribution < 1.29 is 10.2 Å². The van der Waals surface area contributed by atoms with Crippen LogP contribution < -0.4 is 0 Å². The Kier molecular flexibility index (Phi) is 3.53. The quantitative estimate of drug-likeness (QED) is 0.328. The van der Waals surface area contributed by atoms with Crippen LogP contribution in [-0.2, 0) is 0 Å². The molecule has 0 unspecified atom stereocenters. The van der Waals surface area contributed by atoms with E-state index in [2.05, 4.69) is 23.3 Å². The normalized spacial score (nSPS) is 11.8. The first-order valence-electron chi connectivity index (χ1n) is 2.69. The molecule has 0 radical (unpaired) electrons. The van der Waals surface area contributed by atoms with Gasteiger partial charge < -0.3 is 10.2 Å². The highest BCUT2D eigenvalue weighted by Gasteiger charge is 2.15. The molecule has 0 spiro atoms. The van der Waals surface area contributed by atoms with Crippen LogP contribution in [0.25, 0.3) is 0 Å². The van der Waals surface area contributed by atoms with E-state index in [0.717, 1.165) is 0 Å². The van der Waals surface area contributed by atoms with E-state index in [-0.39, 0.29) is 0 Å². The second-order valence-electron chi connectivity index (χ2n) is 1.59. The van der Waals surface area contributed by atoms with E-state index in [0.29, 0.717) is 6.42 Å². The average molecular weight is 142 g/mol. The number of aliphatic hydroxyl groups is 2. The molecular weight excluding hydrogens is 132 g/mol. The number of hydrogen-bond acceptors (Lipinski definition) is 4. The van der Waals surface area contributed by atoms with E-state index in [9.17, 15) is 0 Å². The molecule has 0 aromatic carbocycles. The minimum Gasteiger partial charge on any atom is -0.328 e. The van der Waals surface area contributed by atoms with Crippen LogP contribution in [-0.4, -0.2) is 29.2 Å². The molecule has 0 fully saturated rings. The molecule has 0 saturated carbocycles. The van der Waals surface area contributed by atoms with Crippen molar-refractivity contribution >= 4 is 12.9 Å². The molecule has 2 N–H and O–H groups in total. The van der Waals surface area contributed by atoms with Crippen molar-refractivity contribution in [3.05, 3.63) is 12.7 Å².